The number of benzene rings is 5. The summed E-state index contributed by atoms with van der Waals surface area (Å²) in [7, 11) is 2.33. The maximum atomic E-state index is 3.26. The number of rotatable bonds is 8. The predicted octanol–water partition coefficient (Wildman–Crippen LogP) is 8.49. The molecule has 5 rings (SSSR count). The summed E-state index contributed by atoms with van der Waals surface area (Å²) in [6.45, 7) is 0. The van der Waals surface area contributed by atoms with Crippen molar-refractivity contribution in [1.82, 2.24) is 0 Å². The summed E-state index contributed by atoms with van der Waals surface area (Å²) in [6.07, 6.45) is 2.13. The Morgan fingerprint density at radius 3 is 1.32 bits per heavy atom. The number of anilines is 1. The summed E-state index contributed by atoms with van der Waals surface area (Å²) in [4.78, 5) is 1.26. The normalized spacial score (nSPS) is 10.8. The van der Waals surface area contributed by atoms with Crippen LogP contribution in [0.3, 0.4) is 0 Å². The van der Waals surface area contributed by atoms with Crippen molar-refractivity contribution in [1.29, 1.82) is 0 Å². The molecule has 0 spiro atoms. The van der Waals surface area contributed by atoms with Gasteiger partial charge in [0.15, 0.2) is 0 Å². The van der Waals surface area contributed by atoms with E-state index in [0.717, 1.165) is 0 Å². The van der Waals surface area contributed by atoms with Crippen LogP contribution in [-0.2, 0) is 21.8 Å². The van der Waals surface area contributed by atoms with Crippen molar-refractivity contribution in [2.45, 2.75) is 10.2 Å². The first-order valence-corrected chi connectivity index (χ1v) is 15.1. The van der Waals surface area contributed by atoms with Gasteiger partial charge in [0, 0.05) is 37.7 Å². The Labute approximate surface area is 246 Å². The Morgan fingerprint density at radius 1 is 0.579 bits per heavy atom. The first-order chi connectivity index (χ1) is 17.7. The minimum absolute atomic E-state index is 0. The maximum absolute atomic E-state index is 3.26. The molecule has 38 heavy (non-hydrogen) atoms. The van der Waals surface area contributed by atoms with E-state index in [0.29, 0.717) is 0 Å². The van der Waals surface area contributed by atoms with Crippen molar-refractivity contribution in [2.24, 2.45) is 0 Å². The molecule has 1 unspecified atom stereocenters. The van der Waals surface area contributed by atoms with E-state index in [1.54, 1.807) is 11.8 Å². The van der Waals surface area contributed by atoms with Crippen molar-refractivity contribution in [2.75, 3.05) is 10.9 Å². The minimum Gasteiger partial charge on any atom is -0.358 e. The Bertz CT molecular complexity index is 1290. The Hall–Kier alpha value is -2.40. The second-order valence-electron chi connectivity index (χ2n) is 8.49. The zero-order valence-electron chi connectivity index (χ0n) is 21.6. The van der Waals surface area contributed by atoms with E-state index in [1.807, 2.05) is 0 Å². The van der Waals surface area contributed by atoms with Crippen LogP contribution >= 0.6 is 29.1 Å². The number of thioether (sulfide) groups is 1. The van der Waals surface area contributed by atoms with Crippen LogP contribution in [0.2, 0.25) is 0 Å². The van der Waals surface area contributed by atoms with Crippen LogP contribution < -0.4 is 15.3 Å². The topological polar surface area (TPSA) is 3.24 Å². The molecule has 196 valence electrons. The third-order valence-electron chi connectivity index (χ3n) is 6.28. The Balaban J connectivity index is 0.00000200. The van der Waals surface area contributed by atoms with E-state index < -0.39 is 13.4 Å². The molecule has 0 aliphatic carbocycles. The smallest absolute Gasteiger partial charge is 0.108 e. The molecule has 0 bridgehead atoms. The van der Waals surface area contributed by atoms with Crippen LogP contribution in [0.4, 0.5) is 5.69 Å². The standard InChI is InChI=1S/C32H29NP2S.CH3.Ni/c1-36-31-24-22-28(23-25-31)33(35(29-18-10-4-11-19-29)30-20-12-5-13-21-30)32(34,26-14-6-2-7-15-26)27-16-8-3-9-17-27;;/h2-25H,34H2,1H3;1H3;/q;-1;. The molecular formula is C33H32NNiP2S-. The fraction of sp³-hybridized carbons (Fsp3) is 0.0606. The van der Waals surface area contributed by atoms with Crippen LogP contribution in [0, 0.1) is 7.43 Å². The summed E-state index contributed by atoms with van der Waals surface area (Å²) in [5.74, 6) is 0. The Kier molecular flexibility index (Phi) is 11.2. The average Bonchev–Trinajstić information content (AvgIpc) is 2.97. The summed E-state index contributed by atoms with van der Waals surface area (Å²) in [6, 6.07) is 52.6. The quantitative estimate of drug-likeness (QED) is 0.0767. The van der Waals surface area contributed by atoms with Gasteiger partial charge in [0.05, 0.1) is 8.07 Å². The van der Waals surface area contributed by atoms with Gasteiger partial charge in [0.1, 0.15) is 5.28 Å². The first kappa shape index (κ1) is 30.1. The molecule has 5 aromatic carbocycles. The van der Waals surface area contributed by atoms with Gasteiger partial charge in [-0.25, -0.2) is 0 Å². The predicted molar refractivity (Wildman–Crippen MR) is 170 cm³/mol. The second kappa shape index (κ2) is 14.1. The summed E-state index contributed by atoms with van der Waals surface area (Å²) in [5.41, 5.74) is 3.65. The van der Waals surface area contributed by atoms with Crippen molar-refractivity contribution >= 4 is 45.4 Å². The van der Waals surface area contributed by atoms with Gasteiger partial charge < -0.3 is 12.1 Å². The van der Waals surface area contributed by atoms with Crippen LogP contribution in [0.1, 0.15) is 11.1 Å². The van der Waals surface area contributed by atoms with Crippen molar-refractivity contribution in [3.8, 4) is 0 Å². The molecule has 0 heterocycles. The second-order valence-corrected chi connectivity index (χ2v) is 12.3. The SMILES string of the molecule is CSc1ccc(N(P(c2ccccc2)c2ccccc2)C(P)(c2ccccc2)c2ccccc2)cc1.[CH3-].[Ni]. The van der Waals surface area contributed by atoms with E-state index in [-0.39, 0.29) is 23.9 Å². The molecule has 1 atom stereocenters. The van der Waals surface area contributed by atoms with Gasteiger partial charge in [-0.2, -0.15) is 0 Å². The molecular weight excluding hydrogens is 563 g/mol. The van der Waals surface area contributed by atoms with Gasteiger partial charge in [-0.05, 0) is 41.6 Å². The van der Waals surface area contributed by atoms with Crippen molar-refractivity contribution in [3.05, 3.63) is 164 Å². The van der Waals surface area contributed by atoms with Crippen LogP contribution in [0.5, 0.6) is 0 Å². The number of nitrogens with zero attached hydrogens (tertiary/aromatic N) is 1. The van der Waals surface area contributed by atoms with E-state index in [9.17, 15) is 0 Å². The summed E-state index contributed by atoms with van der Waals surface area (Å²) in [5, 5.41) is 2.12. The van der Waals surface area contributed by atoms with Gasteiger partial charge in [-0.1, -0.05) is 131 Å². The molecule has 0 radical (unpaired) electrons. The van der Waals surface area contributed by atoms with E-state index in [2.05, 4.69) is 166 Å². The van der Waals surface area contributed by atoms with Gasteiger partial charge >= 0.3 is 0 Å². The molecule has 0 saturated carbocycles. The largest absolute Gasteiger partial charge is 0.358 e. The van der Waals surface area contributed by atoms with Gasteiger partial charge in [0.2, 0.25) is 0 Å². The zero-order chi connectivity index (χ0) is 24.8. The zero-order valence-corrected chi connectivity index (χ0v) is 25.4. The Morgan fingerprint density at radius 2 is 0.947 bits per heavy atom. The molecule has 0 aliphatic rings. The van der Waals surface area contributed by atoms with E-state index in [1.165, 1.54) is 32.3 Å². The minimum atomic E-state index is -0.934. The van der Waals surface area contributed by atoms with E-state index >= 15 is 0 Å². The molecule has 0 aromatic heterocycles. The molecule has 5 aromatic rings. The van der Waals surface area contributed by atoms with Crippen molar-refractivity contribution in [3.63, 3.8) is 0 Å². The third kappa shape index (κ3) is 6.25. The first-order valence-electron chi connectivity index (χ1n) is 12.0. The van der Waals surface area contributed by atoms with Gasteiger partial charge in [-0.3, -0.25) is 0 Å². The molecule has 0 fully saturated rings. The van der Waals surface area contributed by atoms with Crippen LogP contribution in [0.15, 0.2) is 150 Å². The fourth-order valence-electron chi connectivity index (χ4n) is 4.51. The number of hydrogen-bond acceptors (Lipinski definition) is 2. The molecule has 0 N–H and O–H groups in total. The molecule has 0 amide bonds. The maximum Gasteiger partial charge on any atom is 0.108 e. The molecule has 0 aliphatic heterocycles. The van der Waals surface area contributed by atoms with Crippen molar-refractivity contribution < 1.29 is 16.5 Å². The molecule has 1 nitrogen and oxygen atoms in total. The fourth-order valence-corrected chi connectivity index (χ4v) is 8.38. The summed E-state index contributed by atoms with van der Waals surface area (Å²) >= 11 is 1.77. The van der Waals surface area contributed by atoms with Crippen LogP contribution in [-0.4, -0.2) is 6.26 Å². The van der Waals surface area contributed by atoms with Crippen LogP contribution in [0.25, 0.3) is 0 Å². The monoisotopic (exact) mass is 594 g/mol. The number of hydrogen-bond donors (Lipinski definition) is 0. The third-order valence-corrected chi connectivity index (χ3v) is 10.7. The van der Waals surface area contributed by atoms with Gasteiger partial charge in [-0.15, -0.1) is 11.8 Å². The summed E-state index contributed by atoms with van der Waals surface area (Å²) < 4.78 is 2.63. The van der Waals surface area contributed by atoms with E-state index in [4.69, 9.17) is 0 Å². The molecule has 5 heteroatoms. The average molecular weight is 595 g/mol. The van der Waals surface area contributed by atoms with Gasteiger partial charge in [0.25, 0.3) is 0 Å². The molecule has 0 saturated heterocycles.